The quantitative estimate of drug-likeness (QED) is 0.0973. The van der Waals surface area contributed by atoms with Gasteiger partial charge in [-0.2, -0.15) is 5.43 Å². The van der Waals surface area contributed by atoms with Gasteiger partial charge in [-0.15, -0.1) is 27.7 Å². The van der Waals surface area contributed by atoms with Crippen LogP contribution < -0.4 is 16.5 Å². The zero-order valence-electron chi connectivity index (χ0n) is 21.3. The standard InChI is InChI=1S/C22H21N9O8S2/c1-22(2,20(37)38)39-29-13(10-7-41-21(23)25-10)16(33)26-14-17(34)30-15(19(35)36)9(6-40-18(14)30)5-31-8-24-27-11(31)3-4-12(32)28-31/h3-4,7-8,14,18H,5-6H2,1-2H3,(H5-,23,25,26,28,32,33,35,36,37,38)/p+1/b29-13-/t14-,18?,31?/m1/s1. The molecule has 4 aliphatic heterocycles. The number of anilines is 1. The van der Waals surface area contributed by atoms with Gasteiger partial charge in [0.05, 0.1) is 0 Å². The molecule has 214 valence electrons. The molecule has 0 saturated carbocycles. The van der Waals surface area contributed by atoms with Gasteiger partial charge in [-0.1, -0.05) is 15.4 Å². The van der Waals surface area contributed by atoms with E-state index in [4.69, 9.17) is 10.6 Å². The average Bonchev–Trinajstić information content (AvgIpc) is 3.52. The van der Waals surface area contributed by atoms with Gasteiger partial charge in [-0.25, -0.2) is 14.6 Å². The Hall–Kier alpha value is -4.62. The van der Waals surface area contributed by atoms with E-state index in [-0.39, 0.29) is 33.4 Å². The minimum atomic E-state index is -1.78. The number of aromatic nitrogens is 1. The monoisotopic (exact) mass is 604 g/mol. The Kier molecular flexibility index (Phi) is 6.87. The van der Waals surface area contributed by atoms with E-state index in [1.54, 1.807) is 0 Å². The number of rotatable bonds is 9. The summed E-state index contributed by atoms with van der Waals surface area (Å²) in [6.45, 7) is 2.42. The van der Waals surface area contributed by atoms with Crippen LogP contribution in [0, 0.1) is 0 Å². The highest BCUT2D eigenvalue weighted by Crippen LogP contribution is 2.41. The molecule has 1 saturated heterocycles. The van der Waals surface area contributed by atoms with E-state index < -0.39 is 52.4 Å². The highest BCUT2D eigenvalue weighted by Gasteiger charge is 2.56. The van der Waals surface area contributed by atoms with Gasteiger partial charge in [0.2, 0.25) is 11.9 Å². The molecule has 1 aromatic rings. The third-order valence-corrected chi connectivity index (χ3v) is 8.36. The van der Waals surface area contributed by atoms with Crippen LogP contribution in [0.2, 0.25) is 0 Å². The van der Waals surface area contributed by atoms with Gasteiger partial charge in [0, 0.05) is 28.9 Å². The fourth-order valence-corrected chi connectivity index (χ4v) is 6.11. The van der Waals surface area contributed by atoms with Crippen LogP contribution in [-0.4, -0.2) is 102 Å². The number of nitrogens with zero attached hydrogens (tertiary/aromatic N) is 6. The van der Waals surface area contributed by atoms with Crippen LogP contribution in [0.3, 0.4) is 0 Å². The number of fused-ring (bicyclic) bond motifs is 2. The van der Waals surface area contributed by atoms with Crippen molar-refractivity contribution >= 4 is 75.8 Å². The number of thioether (sulfide) groups is 1. The molecule has 6 N–H and O–H groups in total. The summed E-state index contributed by atoms with van der Waals surface area (Å²) in [5.41, 5.74) is 6.25. The summed E-state index contributed by atoms with van der Waals surface area (Å²) in [6.07, 6.45) is 4.11. The molecule has 3 atom stereocenters. The highest BCUT2D eigenvalue weighted by atomic mass is 32.2. The van der Waals surface area contributed by atoms with Crippen molar-refractivity contribution in [1.29, 1.82) is 0 Å². The molecule has 5 heterocycles. The Balaban J connectivity index is 1.38. The average molecular weight is 605 g/mol. The molecule has 0 spiro atoms. The first kappa shape index (κ1) is 27.9. The molecule has 0 bridgehead atoms. The number of amides is 3. The minimum Gasteiger partial charge on any atom is -0.478 e. The molecule has 17 nitrogen and oxygen atoms in total. The minimum absolute atomic E-state index is 0.00387. The second-order valence-electron chi connectivity index (χ2n) is 9.56. The maximum absolute atomic E-state index is 13.2. The Bertz CT molecular complexity index is 1540. The number of nitrogen functional groups attached to an aromatic ring is 1. The van der Waals surface area contributed by atoms with Crippen LogP contribution in [0.1, 0.15) is 19.5 Å². The molecule has 41 heavy (non-hydrogen) atoms. The predicted octanol–water partition coefficient (Wildman–Crippen LogP) is -1.18. The van der Waals surface area contributed by atoms with E-state index in [0.717, 1.165) is 16.2 Å². The third kappa shape index (κ3) is 4.93. The molecule has 0 aromatic carbocycles. The number of aliphatic carboxylic acids is 2. The van der Waals surface area contributed by atoms with Crippen molar-refractivity contribution in [2.45, 2.75) is 30.9 Å². The lowest BCUT2D eigenvalue weighted by Crippen LogP contribution is -2.71. The van der Waals surface area contributed by atoms with E-state index in [1.807, 2.05) is 0 Å². The Morgan fingerprint density at radius 3 is 2.73 bits per heavy atom. The topological polar surface area (TPSA) is 238 Å². The number of thiazole rings is 1. The van der Waals surface area contributed by atoms with Crippen molar-refractivity contribution in [3.8, 4) is 0 Å². The van der Waals surface area contributed by atoms with Crippen LogP contribution >= 0.6 is 23.1 Å². The highest BCUT2D eigenvalue weighted by molar-refractivity contribution is 8.00. The lowest BCUT2D eigenvalue weighted by molar-refractivity contribution is -0.772. The van der Waals surface area contributed by atoms with Crippen LogP contribution in [0.15, 0.2) is 44.2 Å². The zero-order chi connectivity index (χ0) is 29.7. The van der Waals surface area contributed by atoms with Gasteiger partial charge in [0.25, 0.3) is 23.6 Å². The summed E-state index contributed by atoms with van der Waals surface area (Å²) < 4.78 is -0.335. The van der Waals surface area contributed by atoms with Crippen LogP contribution in [0.25, 0.3) is 0 Å². The molecular formula is C22H22N9O8S2+. The summed E-state index contributed by atoms with van der Waals surface area (Å²) in [4.78, 5) is 72.4. The van der Waals surface area contributed by atoms with Crippen molar-refractivity contribution in [2.24, 2.45) is 15.4 Å². The predicted molar refractivity (Wildman–Crippen MR) is 144 cm³/mol. The number of carboxylic acids is 2. The van der Waals surface area contributed by atoms with E-state index in [1.165, 1.54) is 49.5 Å². The number of carbonyl (C=O) groups is 5. The largest absolute Gasteiger partial charge is 0.478 e. The van der Waals surface area contributed by atoms with Gasteiger partial charge in [-0.05, 0) is 13.8 Å². The number of nitrogens with one attached hydrogen (secondary N) is 2. The first-order chi connectivity index (χ1) is 19.3. The number of β-lactam (4-membered cyclic amide) rings is 1. The van der Waals surface area contributed by atoms with Crippen LogP contribution in [0.4, 0.5) is 5.13 Å². The molecule has 3 amide bonds. The van der Waals surface area contributed by atoms with Crippen molar-refractivity contribution in [3.63, 3.8) is 0 Å². The van der Waals surface area contributed by atoms with E-state index in [9.17, 15) is 34.2 Å². The Morgan fingerprint density at radius 1 is 1.32 bits per heavy atom. The maximum atomic E-state index is 13.2. The Labute approximate surface area is 238 Å². The van der Waals surface area contributed by atoms with E-state index in [2.05, 4.69) is 31.1 Å². The van der Waals surface area contributed by atoms with E-state index >= 15 is 0 Å². The normalized spacial score (nSPS) is 25.2. The summed E-state index contributed by atoms with van der Waals surface area (Å²) >= 11 is 2.22. The van der Waals surface area contributed by atoms with Crippen molar-refractivity contribution in [3.05, 3.63) is 34.5 Å². The van der Waals surface area contributed by atoms with E-state index in [0.29, 0.717) is 11.4 Å². The number of carboxylic acid groups (broad SMARTS) is 2. The molecule has 0 radical (unpaired) electrons. The molecular weight excluding hydrogens is 582 g/mol. The number of hydrogen-bond donors (Lipinski definition) is 5. The first-order valence-electron chi connectivity index (χ1n) is 11.8. The molecule has 4 aliphatic rings. The van der Waals surface area contributed by atoms with Gasteiger partial charge >= 0.3 is 11.9 Å². The lowest BCUT2D eigenvalue weighted by Gasteiger charge is -2.49. The van der Waals surface area contributed by atoms with Gasteiger partial charge < -0.3 is 26.1 Å². The maximum Gasteiger partial charge on any atom is 0.352 e. The smallest absolute Gasteiger partial charge is 0.352 e. The molecule has 5 rings (SSSR count). The number of amidine groups is 1. The van der Waals surface area contributed by atoms with Crippen LogP contribution in [0.5, 0.6) is 0 Å². The second kappa shape index (κ2) is 10.1. The number of oxime groups is 1. The zero-order valence-corrected chi connectivity index (χ0v) is 22.9. The number of quaternary nitrogens is 1. The van der Waals surface area contributed by atoms with Crippen molar-refractivity contribution < 1.29 is 43.6 Å². The number of nitrogens with two attached hydrogens (primary N) is 1. The third-order valence-electron chi connectivity index (χ3n) is 6.35. The molecule has 2 unspecified atom stereocenters. The number of hydrogen-bond acceptors (Lipinski definition) is 13. The Morgan fingerprint density at radius 2 is 2.07 bits per heavy atom. The van der Waals surface area contributed by atoms with Crippen molar-refractivity contribution in [1.82, 2.24) is 20.6 Å². The summed E-state index contributed by atoms with van der Waals surface area (Å²) in [7, 11) is 0. The fourth-order valence-electron chi connectivity index (χ4n) is 4.23. The summed E-state index contributed by atoms with van der Waals surface area (Å²) in [5, 5.41) is 34.2. The lowest BCUT2D eigenvalue weighted by atomic mass is 10.0. The molecule has 19 heteroatoms. The first-order valence-corrected chi connectivity index (χ1v) is 13.7. The molecule has 1 aromatic heterocycles. The molecule has 0 aliphatic carbocycles. The summed E-state index contributed by atoms with van der Waals surface area (Å²) in [5.74, 6) is -4.19. The second-order valence-corrected chi connectivity index (χ2v) is 11.6. The summed E-state index contributed by atoms with van der Waals surface area (Å²) in [6, 6.07) is -1.13. The fraction of sp³-hybridized carbons (Fsp3) is 0.318. The SMILES string of the molecule is CC(C)(O/N=C(\C(=O)N[C@@H]1C(=O)N2C(C(=O)O)=C(C[N+]34C=NN=C3C=CC(=O)N4)CSC12)c1csc(N)n1)C(=O)O. The molecule has 1 fully saturated rings. The van der Waals surface area contributed by atoms with Crippen LogP contribution in [-0.2, 0) is 28.8 Å². The van der Waals surface area contributed by atoms with Gasteiger partial charge in [0.15, 0.2) is 10.8 Å². The van der Waals surface area contributed by atoms with Gasteiger partial charge in [-0.3, -0.25) is 19.3 Å². The number of carbonyl (C=O) groups excluding carboxylic acids is 3. The van der Waals surface area contributed by atoms with Gasteiger partial charge in [0.1, 0.15) is 29.4 Å². The van der Waals surface area contributed by atoms with Crippen molar-refractivity contribution in [2.75, 3.05) is 18.0 Å².